The van der Waals surface area contributed by atoms with Crippen molar-refractivity contribution in [3.63, 3.8) is 0 Å². The monoisotopic (exact) mass is 563 g/mol. The van der Waals surface area contributed by atoms with E-state index in [1.165, 1.54) is 49.8 Å². The topological polar surface area (TPSA) is 53.7 Å². The number of hydrogen-bond acceptors (Lipinski definition) is 5. The number of para-hydroxylation sites is 1. The normalized spacial score (nSPS) is 30.4. The van der Waals surface area contributed by atoms with Gasteiger partial charge in [-0.3, -0.25) is 9.69 Å². The molecule has 41 heavy (non-hydrogen) atoms. The SMILES string of the molecule is O=C1N=C(N2CCN(Cc3ccccc3)CC2)S/C1=C\c1cn(-c2ccccc2)nc1C12CC3CC(CC(C3)C1)C2. The van der Waals surface area contributed by atoms with Crippen molar-refractivity contribution in [2.45, 2.75) is 50.5 Å². The van der Waals surface area contributed by atoms with Gasteiger partial charge in [-0.05, 0) is 91.8 Å². The van der Waals surface area contributed by atoms with E-state index in [0.29, 0.717) is 0 Å². The van der Waals surface area contributed by atoms with Crippen LogP contribution < -0.4 is 0 Å². The van der Waals surface area contributed by atoms with Gasteiger partial charge in [-0.2, -0.15) is 10.1 Å². The lowest BCUT2D eigenvalue weighted by molar-refractivity contribution is -0.113. The van der Waals surface area contributed by atoms with Crippen LogP contribution in [0.3, 0.4) is 0 Å². The average molecular weight is 564 g/mol. The third-order valence-electron chi connectivity index (χ3n) is 10.1. The molecule has 0 radical (unpaired) electrons. The third-order valence-corrected chi connectivity index (χ3v) is 11.1. The number of carbonyl (C=O) groups is 1. The molecule has 0 atom stereocenters. The lowest BCUT2D eigenvalue weighted by Gasteiger charge is -2.56. The Bertz CT molecular complexity index is 1470. The first-order chi connectivity index (χ1) is 20.1. The highest BCUT2D eigenvalue weighted by Crippen LogP contribution is 2.61. The quantitative estimate of drug-likeness (QED) is 0.350. The molecule has 9 rings (SSSR count). The van der Waals surface area contributed by atoms with Crippen LogP contribution in [-0.2, 0) is 16.8 Å². The molecule has 210 valence electrons. The Morgan fingerprint density at radius 3 is 2.15 bits per heavy atom. The summed E-state index contributed by atoms with van der Waals surface area (Å²) in [4.78, 5) is 23.3. The van der Waals surface area contributed by atoms with Crippen LogP contribution in [0.4, 0.5) is 0 Å². The maximum absolute atomic E-state index is 13.2. The molecule has 2 aliphatic heterocycles. The van der Waals surface area contributed by atoms with E-state index in [0.717, 1.165) is 71.8 Å². The zero-order chi connectivity index (χ0) is 27.4. The zero-order valence-electron chi connectivity index (χ0n) is 23.5. The van der Waals surface area contributed by atoms with Crippen LogP contribution in [0.25, 0.3) is 11.8 Å². The summed E-state index contributed by atoms with van der Waals surface area (Å²) in [6.07, 6.45) is 12.2. The number of aliphatic imine (C=N–C) groups is 1. The highest BCUT2D eigenvalue weighted by atomic mass is 32.2. The minimum atomic E-state index is -0.111. The maximum atomic E-state index is 13.2. The summed E-state index contributed by atoms with van der Waals surface area (Å²) in [5, 5.41) is 6.14. The minimum absolute atomic E-state index is 0.111. The maximum Gasteiger partial charge on any atom is 0.286 e. The van der Waals surface area contributed by atoms with E-state index in [9.17, 15) is 4.79 Å². The highest BCUT2D eigenvalue weighted by Gasteiger charge is 2.53. The number of rotatable bonds is 5. The van der Waals surface area contributed by atoms with E-state index in [4.69, 9.17) is 5.10 Å². The molecule has 5 fully saturated rings. The van der Waals surface area contributed by atoms with Crippen molar-refractivity contribution in [3.8, 4) is 5.69 Å². The Kier molecular flexibility index (Phi) is 6.41. The number of amides is 1. The second-order valence-corrected chi connectivity index (χ2v) is 14.0. The molecular formula is C34H37N5OS. The summed E-state index contributed by atoms with van der Waals surface area (Å²) in [5.41, 5.74) is 4.88. The fourth-order valence-electron chi connectivity index (χ4n) is 8.63. The van der Waals surface area contributed by atoms with Gasteiger partial charge in [-0.15, -0.1) is 0 Å². The van der Waals surface area contributed by atoms with E-state index in [-0.39, 0.29) is 11.3 Å². The third kappa shape index (κ3) is 4.87. The molecule has 3 aromatic rings. The Labute approximate surface area is 246 Å². The molecule has 1 aromatic heterocycles. The summed E-state index contributed by atoms with van der Waals surface area (Å²) in [6, 6.07) is 21.1. The number of nitrogens with zero attached hydrogens (tertiary/aromatic N) is 5. The molecule has 2 aromatic carbocycles. The Morgan fingerprint density at radius 2 is 1.49 bits per heavy atom. The van der Waals surface area contributed by atoms with Crippen LogP contribution in [-0.4, -0.2) is 56.8 Å². The van der Waals surface area contributed by atoms with Crippen LogP contribution in [0, 0.1) is 17.8 Å². The predicted molar refractivity (Wildman–Crippen MR) is 165 cm³/mol. The Hall–Kier alpha value is -3.16. The molecule has 7 heteroatoms. The van der Waals surface area contributed by atoms with E-state index < -0.39 is 0 Å². The van der Waals surface area contributed by atoms with Gasteiger partial charge >= 0.3 is 0 Å². The largest absolute Gasteiger partial charge is 0.348 e. The summed E-state index contributed by atoms with van der Waals surface area (Å²) in [6.45, 7) is 4.70. The van der Waals surface area contributed by atoms with Crippen molar-refractivity contribution in [1.29, 1.82) is 0 Å². The van der Waals surface area contributed by atoms with Gasteiger partial charge in [0.1, 0.15) is 0 Å². The van der Waals surface area contributed by atoms with Crippen molar-refractivity contribution < 1.29 is 4.79 Å². The van der Waals surface area contributed by atoms with E-state index in [1.807, 2.05) is 10.7 Å². The summed E-state index contributed by atoms with van der Waals surface area (Å²) in [7, 11) is 0. The molecule has 6 aliphatic rings. The molecule has 3 heterocycles. The fourth-order valence-corrected chi connectivity index (χ4v) is 9.59. The first-order valence-corrected chi connectivity index (χ1v) is 16.1. The van der Waals surface area contributed by atoms with Crippen molar-refractivity contribution in [2.24, 2.45) is 22.7 Å². The smallest absolute Gasteiger partial charge is 0.286 e. The van der Waals surface area contributed by atoms with Crippen LogP contribution in [0.1, 0.15) is 55.3 Å². The van der Waals surface area contributed by atoms with Gasteiger partial charge in [0.15, 0.2) is 5.17 Å². The Balaban J connectivity index is 1.04. The number of piperazine rings is 1. The van der Waals surface area contributed by atoms with E-state index >= 15 is 0 Å². The first-order valence-electron chi connectivity index (χ1n) is 15.3. The summed E-state index contributed by atoms with van der Waals surface area (Å²) >= 11 is 1.55. The van der Waals surface area contributed by atoms with Crippen LogP contribution in [0.2, 0.25) is 0 Å². The lowest BCUT2D eigenvalue weighted by atomic mass is 9.48. The van der Waals surface area contributed by atoms with Crippen LogP contribution in [0.15, 0.2) is 76.8 Å². The van der Waals surface area contributed by atoms with Gasteiger partial charge in [-0.25, -0.2) is 4.68 Å². The van der Waals surface area contributed by atoms with Crippen molar-refractivity contribution in [1.82, 2.24) is 19.6 Å². The number of thioether (sulfide) groups is 1. The van der Waals surface area contributed by atoms with Crippen molar-refractivity contribution >= 4 is 28.9 Å². The molecule has 6 nitrogen and oxygen atoms in total. The van der Waals surface area contributed by atoms with Gasteiger partial charge in [0, 0.05) is 49.9 Å². The molecule has 4 saturated carbocycles. The van der Waals surface area contributed by atoms with Gasteiger partial charge < -0.3 is 4.90 Å². The molecule has 1 amide bonds. The number of carbonyl (C=O) groups excluding carboxylic acids is 1. The first kappa shape index (κ1) is 25.5. The molecule has 0 N–H and O–H groups in total. The molecule has 0 spiro atoms. The van der Waals surface area contributed by atoms with Crippen molar-refractivity contribution in [3.05, 3.63) is 88.6 Å². The number of amidine groups is 1. The van der Waals surface area contributed by atoms with Crippen LogP contribution >= 0.6 is 11.8 Å². The second kappa shape index (κ2) is 10.3. The highest BCUT2D eigenvalue weighted by molar-refractivity contribution is 8.18. The Morgan fingerprint density at radius 1 is 0.854 bits per heavy atom. The zero-order valence-corrected chi connectivity index (χ0v) is 24.3. The summed E-state index contributed by atoms with van der Waals surface area (Å²) < 4.78 is 2.04. The van der Waals surface area contributed by atoms with E-state index in [2.05, 4.69) is 81.7 Å². The minimum Gasteiger partial charge on any atom is -0.348 e. The van der Waals surface area contributed by atoms with Gasteiger partial charge in [-0.1, -0.05) is 48.5 Å². The standard InChI is InChI=1S/C34H37N5OS/c40-32-30(41-33(35-32)38-13-11-37(12-14-38)22-24-7-3-1-4-8-24)18-28-23-39(29-9-5-2-6-10-29)36-31(28)34-19-25-15-26(20-34)17-27(16-25)21-34/h1-10,18,23,25-27H,11-17,19-22H2/b30-18-. The fraction of sp³-hybridized carbons (Fsp3) is 0.441. The van der Waals surface area contributed by atoms with Crippen LogP contribution in [0.5, 0.6) is 0 Å². The number of hydrogen-bond donors (Lipinski definition) is 0. The molecule has 0 unspecified atom stereocenters. The lowest BCUT2D eigenvalue weighted by Crippen LogP contribution is -2.49. The van der Waals surface area contributed by atoms with Gasteiger partial charge in [0.05, 0.1) is 16.3 Å². The van der Waals surface area contributed by atoms with Gasteiger partial charge in [0.2, 0.25) is 0 Å². The molecule has 1 saturated heterocycles. The number of aromatic nitrogens is 2. The molecule has 4 bridgehead atoms. The molecule has 4 aliphatic carbocycles. The number of benzene rings is 2. The van der Waals surface area contributed by atoms with Gasteiger partial charge in [0.25, 0.3) is 5.91 Å². The average Bonchev–Trinajstić information content (AvgIpc) is 3.58. The predicted octanol–water partition coefficient (Wildman–Crippen LogP) is 6.13. The van der Waals surface area contributed by atoms with Crippen molar-refractivity contribution in [2.75, 3.05) is 26.2 Å². The second-order valence-electron chi connectivity index (χ2n) is 13.0. The summed E-state index contributed by atoms with van der Waals surface area (Å²) in [5.74, 6) is 2.39. The van der Waals surface area contributed by atoms with E-state index in [1.54, 1.807) is 11.8 Å². The molecular weight excluding hydrogens is 526 g/mol.